The molecule has 1 aliphatic rings. The minimum atomic E-state index is -3.61. The molecule has 0 atom stereocenters. The molecule has 9 heteroatoms. The van der Waals surface area contributed by atoms with E-state index >= 15 is 0 Å². The topological polar surface area (TPSA) is 102 Å². The second-order valence-corrected chi connectivity index (χ2v) is 8.71. The van der Waals surface area contributed by atoms with Crippen molar-refractivity contribution in [3.63, 3.8) is 0 Å². The van der Waals surface area contributed by atoms with Gasteiger partial charge in [-0.05, 0) is 38.8 Å². The highest BCUT2D eigenvalue weighted by Crippen LogP contribution is 2.24. The fraction of sp³-hybridized carbons (Fsp3) is 0.529. The van der Waals surface area contributed by atoms with E-state index in [1.165, 1.54) is 27.1 Å². The van der Waals surface area contributed by atoms with Crippen LogP contribution in [0.15, 0.2) is 32.3 Å². The van der Waals surface area contributed by atoms with Gasteiger partial charge in [0.2, 0.25) is 15.9 Å². The lowest BCUT2D eigenvalue weighted by Crippen LogP contribution is -2.35. The van der Waals surface area contributed by atoms with E-state index in [0.717, 1.165) is 19.3 Å². The summed E-state index contributed by atoms with van der Waals surface area (Å²) < 4.78 is 33.3. The maximum Gasteiger partial charge on any atom is 0.420 e. The average Bonchev–Trinajstić information content (AvgIpc) is 2.90. The lowest BCUT2D eigenvalue weighted by Gasteiger charge is -2.25. The molecule has 142 valence electrons. The molecule has 0 spiro atoms. The van der Waals surface area contributed by atoms with Crippen LogP contribution in [0.5, 0.6) is 0 Å². The second kappa shape index (κ2) is 7.24. The minimum absolute atomic E-state index is 0.0438. The second-order valence-electron chi connectivity index (χ2n) is 6.77. The number of sulfonamides is 1. The van der Waals surface area contributed by atoms with Gasteiger partial charge < -0.3 is 9.73 Å². The van der Waals surface area contributed by atoms with E-state index in [-0.39, 0.29) is 29.0 Å². The van der Waals surface area contributed by atoms with Crippen molar-refractivity contribution < 1.29 is 17.6 Å². The van der Waals surface area contributed by atoms with Gasteiger partial charge in [-0.15, -0.1) is 0 Å². The van der Waals surface area contributed by atoms with Crippen LogP contribution in [0.25, 0.3) is 11.1 Å². The number of hydrogen-bond acceptors (Lipinski definition) is 5. The van der Waals surface area contributed by atoms with Gasteiger partial charge in [-0.3, -0.25) is 9.36 Å². The Kier molecular flexibility index (Phi) is 5.19. The van der Waals surface area contributed by atoms with Crippen molar-refractivity contribution in [2.75, 3.05) is 13.1 Å². The van der Waals surface area contributed by atoms with Crippen LogP contribution in [0, 0.1) is 0 Å². The minimum Gasteiger partial charge on any atom is -0.408 e. The Morgan fingerprint density at radius 1 is 1.23 bits per heavy atom. The van der Waals surface area contributed by atoms with Gasteiger partial charge in [-0.1, -0.05) is 6.42 Å². The first-order valence-electron chi connectivity index (χ1n) is 8.72. The van der Waals surface area contributed by atoms with Crippen LogP contribution in [0.2, 0.25) is 0 Å². The molecule has 26 heavy (non-hydrogen) atoms. The zero-order chi connectivity index (χ0) is 18.9. The summed E-state index contributed by atoms with van der Waals surface area (Å²) in [4.78, 5) is 24.1. The van der Waals surface area contributed by atoms with Crippen molar-refractivity contribution in [3.05, 3.63) is 28.7 Å². The number of nitrogens with zero attached hydrogens (tertiary/aromatic N) is 2. The van der Waals surface area contributed by atoms with Crippen molar-refractivity contribution in [1.29, 1.82) is 0 Å². The molecule has 2 heterocycles. The molecule has 1 aromatic carbocycles. The quantitative estimate of drug-likeness (QED) is 0.841. The number of nitrogens with one attached hydrogen (secondary N) is 1. The smallest absolute Gasteiger partial charge is 0.408 e. The van der Waals surface area contributed by atoms with E-state index in [1.54, 1.807) is 0 Å². The van der Waals surface area contributed by atoms with Gasteiger partial charge >= 0.3 is 5.76 Å². The number of benzene rings is 1. The summed E-state index contributed by atoms with van der Waals surface area (Å²) in [6.07, 6.45) is 2.72. The molecular formula is C17H23N3O5S. The highest BCUT2D eigenvalue weighted by molar-refractivity contribution is 7.89. The largest absolute Gasteiger partial charge is 0.420 e. The van der Waals surface area contributed by atoms with Crippen LogP contribution in [0.1, 0.15) is 33.1 Å². The molecule has 8 nitrogen and oxygen atoms in total. The number of piperidine rings is 1. The van der Waals surface area contributed by atoms with Crippen LogP contribution >= 0.6 is 0 Å². The Labute approximate surface area is 151 Å². The van der Waals surface area contributed by atoms with Crippen molar-refractivity contribution in [2.45, 2.75) is 50.6 Å². The normalized spacial score (nSPS) is 16.3. The van der Waals surface area contributed by atoms with Gasteiger partial charge in [0.15, 0.2) is 5.58 Å². The van der Waals surface area contributed by atoms with Crippen molar-refractivity contribution in [1.82, 2.24) is 14.2 Å². The average molecular weight is 381 g/mol. The summed E-state index contributed by atoms with van der Waals surface area (Å²) in [5, 5.41) is 2.71. The Morgan fingerprint density at radius 3 is 2.58 bits per heavy atom. The number of rotatable bonds is 5. The fourth-order valence-electron chi connectivity index (χ4n) is 3.12. The van der Waals surface area contributed by atoms with E-state index in [2.05, 4.69) is 5.32 Å². The molecule has 1 aliphatic heterocycles. The van der Waals surface area contributed by atoms with Crippen molar-refractivity contribution in [2.24, 2.45) is 0 Å². The fourth-order valence-corrected chi connectivity index (χ4v) is 4.66. The van der Waals surface area contributed by atoms with Crippen molar-refractivity contribution >= 4 is 27.0 Å². The molecule has 1 N–H and O–H groups in total. The maximum absolute atomic E-state index is 12.8. The number of aromatic nitrogens is 1. The summed E-state index contributed by atoms with van der Waals surface area (Å²) in [5.74, 6) is -0.999. The lowest BCUT2D eigenvalue weighted by atomic mass is 10.2. The van der Waals surface area contributed by atoms with E-state index < -0.39 is 15.8 Å². The monoisotopic (exact) mass is 381 g/mol. The Hall–Kier alpha value is -2.13. The molecule has 0 bridgehead atoms. The Bertz CT molecular complexity index is 968. The third kappa shape index (κ3) is 3.68. The van der Waals surface area contributed by atoms with E-state index in [0.29, 0.717) is 18.6 Å². The third-order valence-corrected chi connectivity index (χ3v) is 6.24. The highest BCUT2D eigenvalue weighted by atomic mass is 32.2. The van der Waals surface area contributed by atoms with E-state index in [9.17, 15) is 18.0 Å². The predicted octanol–water partition coefficient (Wildman–Crippen LogP) is 1.29. The highest BCUT2D eigenvalue weighted by Gasteiger charge is 2.27. The molecule has 1 aromatic heterocycles. The first kappa shape index (κ1) is 18.7. The van der Waals surface area contributed by atoms with Crippen LogP contribution in [0.3, 0.4) is 0 Å². The number of hydrogen-bond donors (Lipinski definition) is 1. The zero-order valence-electron chi connectivity index (χ0n) is 14.9. The molecule has 1 saturated heterocycles. The molecule has 1 amide bonds. The first-order chi connectivity index (χ1) is 12.3. The lowest BCUT2D eigenvalue weighted by molar-refractivity contribution is -0.122. The molecule has 0 unspecified atom stereocenters. The van der Waals surface area contributed by atoms with Crippen LogP contribution in [-0.2, 0) is 21.4 Å². The van der Waals surface area contributed by atoms with Gasteiger partial charge in [0.1, 0.15) is 6.54 Å². The van der Waals surface area contributed by atoms with Gasteiger partial charge in [0, 0.05) is 25.2 Å². The number of fused-ring (bicyclic) bond motifs is 1. The summed E-state index contributed by atoms with van der Waals surface area (Å²) in [7, 11) is -3.61. The number of oxazole rings is 1. The number of carbonyl (C=O) groups excluding carboxylic acids is 1. The zero-order valence-corrected chi connectivity index (χ0v) is 15.7. The number of carbonyl (C=O) groups is 1. The predicted molar refractivity (Wildman–Crippen MR) is 96.4 cm³/mol. The van der Waals surface area contributed by atoms with Gasteiger partial charge in [0.25, 0.3) is 0 Å². The van der Waals surface area contributed by atoms with E-state index in [4.69, 9.17) is 4.42 Å². The molecule has 0 saturated carbocycles. The molecule has 1 fully saturated rings. The van der Waals surface area contributed by atoms with E-state index in [1.807, 2.05) is 13.8 Å². The number of amides is 1. The molecule has 0 aliphatic carbocycles. The molecule has 3 rings (SSSR count). The van der Waals surface area contributed by atoms with Gasteiger partial charge in [-0.2, -0.15) is 4.31 Å². The standard InChI is InChI=1S/C17H23N3O5S/c1-12(2)18-16(21)11-20-14-7-6-13(10-15(14)25-17(20)22)26(23,24)19-8-4-3-5-9-19/h6-7,10,12H,3-5,8-9,11H2,1-2H3,(H,18,21). The first-order valence-corrected chi connectivity index (χ1v) is 10.2. The van der Waals surface area contributed by atoms with Gasteiger partial charge in [-0.25, -0.2) is 13.2 Å². The Balaban J connectivity index is 1.93. The van der Waals surface area contributed by atoms with Crippen LogP contribution in [0.4, 0.5) is 0 Å². The summed E-state index contributed by atoms with van der Waals surface area (Å²) in [5.41, 5.74) is 0.553. The van der Waals surface area contributed by atoms with Gasteiger partial charge in [0.05, 0.1) is 10.4 Å². The summed E-state index contributed by atoms with van der Waals surface area (Å²) in [6, 6.07) is 4.28. The van der Waals surface area contributed by atoms with Crippen LogP contribution in [-0.4, -0.2) is 42.3 Å². The third-order valence-electron chi connectivity index (χ3n) is 4.34. The Morgan fingerprint density at radius 2 is 1.92 bits per heavy atom. The molecule has 0 radical (unpaired) electrons. The summed E-state index contributed by atoms with van der Waals surface area (Å²) in [6.45, 7) is 4.47. The molecular weight excluding hydrogens is 358 g/mol. The maximum atomic E-state index is 12.8. The van der Waals surface area contributed by atoms with Crippen LogP contribution < -0.4 is 11.1 Å². The SMILES string of the molecule is CC(C)NC(=O)Cn1c(=O)oc2cc(S(=O)(=O)N3CCCCC3)ccc21. The summed E-state index contributed by atoms with van der Waals surface area (Å²) >= 11 is 0. The molecule has 2 aromatic rings. The van der Waals surface area contributed by atoms with Crippen molar-refractivity contribution in [3.8, 4) is 0 Å².